The van der Waals surface area contributed by atoms with Crippen molar-refractivity contribution in [2.24, 2.45) is 0 Å². The molecule has 0 saturated heterocycles. The molecule has 0 aliphatic carbocycles. The minimum atomic E-state index is 0. The van der Waals surface area contributed by atoms with Crippen molar-refractivity contribution in [3.05, 3.63) is 32.2 Å². The maximum atomic E-state index is 4.72. The first-order valence-corrected chi connectivity index (χ1v) is 2.71. The maximum Gasteiger partial charge on any atom is 3.00 e. The van der Waals surface area contributed by atoms with Crippen molar-refractivity contribution in [1.82, 2.24) is 0 Å². The molecule has 0 heterocycles. The molecule has 0 amide bonds. The summed E-state index contributed by atoms with van der Waals surface area (Å²) >= 11 is 0. The van der Waals surface area contributed by atoms with Crippen molar-refractivity contribution >= 4 is 0 Å². The van der Waals surface area contributed by atoms with Crippen molar-refractivity contribution in [2.75, 3.05) is 0 Å². The quantitative estimate of drug-likeness (QED) is 0.521. The van der Waals surface area contributed by atoms with Gasteiger partial charge in [-0.1, -0.05) is 13.3 Å². The maximum absolute atomic E-state index is 4.72. The monoisotopic (exact) mass is 249 g/mol. The number of hydrogen-bond donors (Lipinski definition) is 0. The van der Waals surface area contributed by atoms with Crippen LogP contribution in [-0.4, -0.2) is 0 Å². The van der Waals surface area contributed by atoms with Gasteiger partial charge in [0.1, 0.15) is 0 Å². The van der Waals surface area contributed by atoms with Gasteiger partial charge in [-0.25, -0.2) is 0 Å². The van der Waals surface area contributed by atoms with Gasteiger partial charge in [-0.3, -0.25) is 0 Å². The predicted molar refractivity (Wildman–Crippen MR) is 38.0 cm³/mol. The van der Waals surface area contributed by atoms with Crippen LogP contribution in [-0.2, 0) is 0 Å². The van der Waals surface area contributed by atoms with Crippen molar-refractivity contribution in [1.29, 1.82) is 0 Å². The molecule has 1 radical (unpaired) electrons. The van der Waals surface area contributed by atoms with Crippen LogP contribution in [0.15, 0.2) is 12.2 Å². The smallest absolute Gasteiger partial charge is 0.394 e. The molecule has 0 aliphatic rings. The Morgan fingerprint density at radius 2 is 1.56 bits per heavy atom. The molecule has 0 aliphatic heterocycles. The third-order valence-electron chi connectivity index (χ3n) is 0.465. The van der Waals surface area contributed by atoms with Crippen molar-refractivity contribution in [3.8, 4) is 0 Å². The molecule has 0 saturated carbocycles. The van der Waals surface area contributed by atoms with E-state index in [1.165, 1.54) is 18.6 Å². The van der Waals surface area contributed by atoms with E-state index in [0.717, 1.165) is 6.42 Å². The Balaban J connectivity index is -0.0000000720. The molecule has 0 rings (SSSR count). The van der Waals surface area contributed by atoms with E-state index in [1.807, 2.05) is 0 Å². The van der Waals surface area contributed by atoms with Gasteiger partial charge in [-0.15, -0.1) is 0 Å². The van der Waals surface area contributed by atoms with Gasteiger partial charge < -0.3 is 32.2 Å². The second-order valence-corrected chi connectivity index (χ2v) is 1.24. The molecule has 9 heavy (non-hydrogen) atoms. The molecule has 0 bridgehead atoms. The first-order chi connectivity index (χ1) is 3.83. The van der Waals surface area contributed by atoms with Gasteiger partial charge in [-0.2, -0.15) is 6.42 Å². The summed E-state index contributed by atoms with van der Waals surface area (Å²) in [5.74, 6) is 0. The minimum Gasteiger partial charge on any atom is -0.394 e. The third kappa shape index (κ3) is 51.0. The van der Waals surface area contributed by atoms with Crippen LogP contribution in [0.5, 0.6) is 0 Å². The average molecular weight is 249 g/mol. The van der Waals surface area contributed by atoms with Crippen molar-refractivity contribution in [3.63, 3.8) is 0 Å². The Bertz CT molecular complexity index is 40.5. The Morgan fingerprint density at radius 1 is 1.33 bits per heavy atom. The van der Waals surface area contributed by atoms with Gasteiger partial charge >= 0.3 is 41.7 Å². The fraction of sp³-hybridized carbons (Fsp3) is 0.375. The molecular formula is C8H13Ce. The largest absolute Gasteiger partial charge is 3.00 e. The van der Waals surface area contributed by atoms with Gasteiger partial charge in [0, 0.05) is 0 Å². The summed E-state index contributed by atoms with van der Waals surface area (Å²) < 4.78 is 0. The van der Waals surface area contributed by atoms with E-state index < -0.39 is 0 Å². The number of rotatable bonds is 2. The molecule has 0 aromatic rings. The topological polar surface area (TPSA) is 0 Å². The zero-order valence-corrected chi connectivity index (χ0v) is 9.07. The summed E-state index contributed by atoms with van der Waals surface area (Å²) in [6.45, 7) is 15.2. The van der Waals surface area contributed by atoms with E-state index in [4.69, 9.17) is 13.2 Å². The van der Waals surface area contributed by atoms with Crippen LogP contribution in [0.1, 0.15) is 19.8 Å². The van der Waals surface area contributed by atoms with Gasteiger partial charge in [0.15, 0.2) is 0 Å². The molecule has 0 nitrogen and oxygen atoms in total. The fourth-order valence-corrected chi connectivity index (χ4v) is 0. The van der Waals surface area contributed by atoms with E-state index in [1.54, 1.807) is 0 Å². The molecule has 0 aromatic heterocycles. The summed E-state index contributed by atoms with van der Waals surface area (Å²) in [4.78, 5) is 0. The van der Waals surface area contributed by atoms with Crippen LogP contribution in [0.2, 0.25) is 0 Å². The Hall–Kier alpha value is 0.857. The number of hydrogen-bond acceptors (Lipinski definition) is 0. The molecule has 1 heteroatoms. The Labute approximate surface area is 92.8 Å². The van der Waals surface area contributed by atoms with E-state index in [2.05, 4.69) is 13.8 Å². The number of unbranched alkanes of at least 4 members (excludes halogenated alkanes) is 1. The molecule has 0 N–H and O–H groups in total. The second kappa shape index (κ2) is 23.2. The fourth-order valence-electron chi connectivity index (χ4n) is 0. The van der Waals surface area contributed by atoms with Gasteiger partial charge in [0.2, 0.25) is 0 Å². The predicted octanol–water partition coefficient (Wildman–Crippen LogP) is 2.59. The Kier molecular flexibility index (Phi) is 42.4. The van der Waals surface area contributed by atoms with Crippen LogP contribution in [0.25, 0.3) is 0 Å². The molecule has 49 valence electrons. The van der Waals surface area contributed by atoms with Crippen LogP contribution in [0.4, 0.5) is 0 Å². The van der Waals surface area contributed by atoms with Gasteiger partial charge in [0.25, 0.3) is 0 Å². The normalized spacial score (nSPS) is 5.56. The van der Waals surface area contributed by atoms with Gasteiger partial charge in [0.05, 0.1) is 0 Å². The van der Waals surface area contributed by atoms with E-state index in [-0.39, 0.29) is 41.7 Å². The Morgan fingerprint density at radius 3 is 1.56 bits per heavy atom. The SMILES string of the molecule is [CH-]=CC=[CH-].[CH2-]CCC.[Ce+3]. The average Bonchev–Trinajstić information content (AvgIpc) is 1.88. The summed E-state index contributed by atoms with van der Waals surface area (Å²) in [5, 5.41) is 0. The zero-order chi connectivity index (χ0) is 6.83. The van der Waals surface area contributed by atoms with E-state index in [9.17, 15) is 0 Å². The summed E-state index contributed by atoms with van der Waals surface area (Å²) in [6.07, 6.45) is 4.83. The minimum absolute atomic E-state index is 0. The van der Waals surface area contributed by atoms with E-state index >= 15 is 0 Å². The van der Waals surface area contributed by atoms with Crippen molar-refractivity contribution in [2.45, 2.75) is 19.8 Å². The van der Waals surface area contributed by atoms with Crippen LogP contribution in [0.3, 0.4) is 0 Å². The molecular weight excluding hydrogens is 236 g/mol. The van der Waals surface area contributed by atoms with Crippen LogP contribution >= 0.6 is 0 Å². The molecule has 0 atom stereocenters. The second-order valence-electron chi connectivity index (χ2n) is 1.24. The first kappa shape index (κ1) is 16.4. The third-order valence-corrected chi connectivity index (χ3v) is 0.465. The first-order valence-electron chi connectivity index (χ1n) is 2.71. The van der Waals surface area contributed by atoms with Crippen LogP contribution in [0, 0.1) is 61.8 Å². The molecule has 0 spiro atoms. The van der Waals surface area contributed by atoms with Crippen molar-refractivity contribution < 1.29 is 41.7 Å². The van der Waals surface area contributed by atoms with Crippen LogP contribution < -0.4 is 0 Å². The van der Waals surface area contributed by atoms with E-state index in [0.29, 0.717) is 0 Å². The summed E-state index contributed by atoms with van der Waals surface area (Å²) in [6, 6.07) is 0. The standard InChI is InChI=1S/C4H9.C4H4.Ce/c2*1-3-4-2;/h1,3-4H2,2H3;1-4H;/q-1;-2;+3. The number of allylic oxidation sites excluding steroid dienone is 2. The summed E-state index contributed by atoms with van der Waals surface area (Å²) in [7, 11) is 0. The molecule has 0 fully saturated rings. The summed E-state index contributed by atoms with van der Waals surface area (Å²) in [5.41, 5.74) is 0. The molecule has 0 unspecified atom stereocenters. The zero-order valence-electron chi connectivity index (χ0n) is 5.93. The molecule has 0 aromatic carbocycles. The van der Waals surface area contributed by atoms with Gasteiger partial charge in [-0.05, 0) is 0 Å².